The summed E-state index contributed by atoms with van der Waals surface area (Å²) in [5.74, 6) is 10.2. The van der Waals surface area contributed by atoms with Crippen molar-refractivity contribution in [3.05, 3.63) is 22.4 Å². The molecule has 4 unspecified atom stereocenters. The molecule has 4 atom stereocenters. The summed E-state index contributed by atoms with van der Waals surface area (Å²) in [6.07, 6.45) is 26.4. The molecular formula is C43H74N2P2Si2. The quantitative estimate of drug-likeness (QED) is 0.182. The molecule has 10 fully saturated rings. The zero-order chi connectivity index (χ0) is 33.9. The average Bonchev–Trinajstić information content (AvgIpc) is 3.45. The molecule has 2 heterocycles. The maximum Gasteiger partial charge on any atom is 0.0732 e. The highest BCUT2D eigenvalue weighted by atomic mass is 31.1. The first-order valence-corrected chi connectivity index (χ1v) is 31.1. The lowest BCUT2D eigenvalue weighted by Gasteiger charge is -2.62. The van der Waals surface area contributed by atoms with E-state index in [1.807, 2.05) is 11.1 Å². The molecule has 0 aromatic heterocycles. The van der Waals surface area contributed by atoms with E-state index >= 15 is 0 Å². The normalized spacial score (nSPS) is 46.7. The van der Waals surface area contributed by atoms with Crippen LogP contribution in [0.15, 0.2) is 22.4 Å². The van der Waals surface area contributed by atoms with Crippen molar-refractivity contribution in [1.29, 1.82) is 0 Å². The molecule has 2 saturated heterocycles. The third-order valence-corrected chi connectivity index (χ3v) is 26.9. The molecule has 9 aliphatic carbocycles. The predicted molar refractivity (Wildman–Crippen MR) is 223 cm³/mol. The molecule has 0 spiro atoms. The van der Waals surface area contributed by atoms with Crippen molar-refractivity contribution in [3.8, 4) is 0 Å². The molecule has 274 valence electrons. The van der Waals surface area contributed by atoms with E-state index in [0.29, 0.717) is 0 Å². The van der Waals surface area contributed by atoms with Crippen molar-refractivity contribution < 1.29 is 0 Å². The van der Waals surface area contributed by atoms with Crippen LogP contribution in [0.4, 0.5) is 0 Å². The molecule has 2 nitrogen and oxygen atoms in total. The molecule has 11 rings (SSSR count). The fourth-order valence-electron chi connectivity index (χ4n) is 15.6. The van der Waals surface area contributed by atoms with Gasteiger partial charge in [0.25, 0.3) is 0 Å². The molecule has 11 aliphatic rings. The van der Waals surface area contributed by atoms with E-state index in [0.717, 1.165) is 76.0 Å². The highest BCUT2D eigenvalue weighted by Crippen LogP contribution is 2.72. The number of hydrogen-bond donors (Lipinski definition) is 2. The van der Waals surface area contributed by atoms with E-state index in [9.17, 15) is 0 Å². The zero-order valence-electron chi connectivity index (χ0n) is 32.5. The van der Waals surface area contributed by atoms with E-state index < -0.39 is 16.1 Å². The third-order valence-electron chi connectivity index (χ3n) is 16.9. The Morgan fingerprint density at radius 1 is 0.673 bits per heavy atom. The van der Waals surface area contributed by atoms with Crippen molar-refractivity contribution in [2.75, 3.05) is 32.3 Å². The van der Waals surface area contributed by atoms with Crippen LogP contribution in [0.2, 0.25) is 44.8 Å². The maximum absolute atomic E-state index is 3.96. The summed E-state index contributed by atoms with van der Waals surface area (Å²) >= 11 is 0. The second-order valence-corrected chi connectivity index (χ2v) is 36.0. The Balaban J connectivity index is 1.19. The molecule has 2 N–H and O–H groups in total. The Morgan fingerprint density at radius 3 is 1.45 bits per heavy atom. The third kappa shape index (κ3) is 6.22. The van der Waals surface area contributed by atoms with Crippen molar-refractivity contribution in [3.63, 3.8) is 0 Å². The second-order valence-electron chi connectivity index (χ2n) is 22.1. The standard InChI is InChI=1S/C43H74N2P2Si2/c1-48(2,3)39-23-38(43(46,35-9-7-11-44-24-35)36-10-8-12-45-25-36)37(42(39)49(4,5)6)26-47(40-31-15-27-13-28(17-31)18-32(40)16-27)41-33-19-29-14-30(21-33)22-34(41)20-29/h23,27-36,39-41,44-45H,7-22,24-26,46H2,1-6H3. The largest absolute Gasteiger partial charge is 0.316 e. The van der Waals surface area contributed by atoms with Gasteiger partial charge in [0.1, 0.15) is 0 Å². The van der Waals surface area contributed by atoms with E-state index in [1.165, 1.54) is 58.0 Å². The van der Waals surface area contributed by atoms with Crippen LogP contribution >= 0.6 is 17.2 Å². The van der Waals surface area contributed by atoms with Gasteiger partial charge in [0.05, 0.1) is 16.1 Å². The molecule has 0 aromatic carbocycles. The lowest BCUT2D eigenvalue weighted by atomic mass is 9.55. The van der Waals surface area contributed by atoms with E-state index in [2.05, 4.69) is 70.4 Å². The molecule has 0 aromatic rings. The first-order chi connectivity index (χ1) is 23.4. The first-order valence-electron chi connectivity index (χ1n) is 21.8. The van der Waals surface area contributed by atoms with Crippen LogP contribution in [-0.2, 0) is 0 Å². The minimum Gasteiger partial charge on any atom is -0.316 e. The number of hydrogen-bond acceptors (Lipinski definition) is 2. The van der Waals surface area contributed by atoms with Crippen LogP contribution < -0.4 is 10.6 Å². The summed E-state index contributed by atoms with van der Waals surface area (Å²) in [6.45, 7) is 21.4. The molecule has 2 aliphatic heterocycles. The number of rotatable bonds is 9. The molecule has 8 saturated carbocycles. The average molecular weight is 737 g/mol. The van der Waals surface area contributed by atoms with Gasteiger partial charge in [-0.1, -0.05) is 58.5 Å². The fraction of sp³-hybridized carbons (Fsp3) is 0.907. The van der Waals surface area contributed by atoms with Gasteiger partial charge in [-0.3, -0.25) is 0 Å². The van der Waals surface area contributed by atoms with E-state index in [-0.39, 0.29) is 13.1 Å². The monoisotopic (exact) mass is 736 g/mol. The zero-order valence-corrected chi connectivity index (χ0v) is 36.6. The van der Waals surface area contributed by atoms with Crippen LogP contribution in [0.1, 0.15) is 89.9 Å². The van der Waals surface area contributed by atoms with E-state index in [1.54, 1.807) is 64.2 Å². The minimum atomic E-state index is -1.58. The topological polar surface area (TPSA) is 24.1 Å². The summed E-state index contributed by atoms with van der Waals surface area (Å²) in [5, 5.41) is 10.2. The van der Waals surface area contributed by atoms with Crippen LogP contribution in [0, 0.1) is 59.2 Å². The van der Waals surface area contributed by atoms with Gasteiger partial charge in [-0.05, 0) is 209 Å². The summed E-state index contributed by atoms with van der Waals surface area (Å²) in [4.78, 5) is 0. The molecule has 0 radical (unpaired) electrons. The van der Waals surface area contributed by atoms with Gasteiger partial charge in [-0.2, -0.15) is 0 Å². The Labute approximate surface area is 307 Å². The molecular weight excluding hydrogens is 663 g/mol. The minimum absolute atomic E-state index is 0.0104. The van der Waals surface area contributed by atoms with Crippen molar-refractivity contribution in [1.82, 2.24) is 10.6 Å². The Kier molecular flexibility index (Phi) is 9.52. The lowest BCUT2D eigenvalue weighted by molar-refractivity contribution is 0.0131. The Morgan fingerprint density at radius 2 is 1.10 bits per heavy atom. The fourth-order valence-corrected chi connectivity index (χ4v) is 27.7. The summed E-state index contributed by atoms with van der Waals surface area (Å²) in [6, 6.07) is 0. The number of allylic oxidation sites excluding steroid dienone is 4. The smallest absolute Gasteiger partial charge is 0.0732 e. The molecule has 8 bridgehead atoms. The van der Waals surface area contributed by atoms with Gasteiger partial charge >= 0.3 is 0 Å². The van der Waals surface area contributed by atoms with Gasteiger partial charge in [-0.15, -0.1) is 9.24 Å². The highest BCUT2D eigenvalue weighted by molar-refractivity contribution is 7.59. The summed E-state index contributed by atoms with van der Waals surface area (Å²) in [7, 11) is 0.716. The SMILES string of the molecule is C[Si](C)(C)C1=C(CP(C2C3CC4CC(C3)CC2C4)C2C3CC4CC(C3)CC2C4)C(C(P)(C2CCCNC2)C2CCCNC2)=CC1[Si](C)(C)C. The van der Waals surface area contributed by atoms with Crippen LogP contribution in [0.25, 0.3) is 0 Å². The first kappa shape index (κ1) is 35.4. The van der Waals surface area contributed by atoms with Crippen molar-refractivity contribution in [2.45, 2.75) is 151 Å². The Bertz CT molecular complexity index is 1200. The van der Waals surface area contributed by atoms with Crippen molar-refractivity contribution >= 4 is 33.3 Å². The Hall–Kier alpha value is 0.694. The number of piperidine rings is 2. The molecule has 0 amide bonds. The lowest BCUT2D eigenvalue weighted by Crippen LogP contribution is -2.54. The van der Waals surface area contributed by atoms with Gasteiger partial charge in [0, 0.05) is 5.16 Å². The molecule has 49 heavy (non-hydrogen) atoms. The second kappa shape index (κ2) is 13.2. The summed E-state index contributed by atoms with van der Waals surface area (Å²) in [5.41, 5.74) is 6.93. The summed E-state index contributed by atoms with van der Waals surface area (Å²) < 4.78 is 0. The van der Waals surface area contributed by atoms with Gasteiger partial charge in [0.15, 0.2) is 0 Å². The number of nitrogens with one attached hydrogen (secondary N) is 2. The highest BCUT2D eigenvalue weighted by Gasteiger charge is 2.58. The van der Waals surface area contributed by atoms with Gasteiger partial charge in [-0.25, -0.2) is 0 Å². The van der Waals surface area contributed by atoms with Crippen LogP contribution in [0.3, 0.4) is 0 Å². The van der Waals surface area contributed by atoms with Gasteiger partial charge < -0.3 is 10.6 Å². The van der Waals surface area contributed by atoms with Crippen LogP contribution in [0.5, 0.6) is 0 Å². The van der Waals surface area contributed by atoms with Gasteiger partial charge in [0.2, 0.25) is 0 Å². The maximum atomic E-state index is 3.96. The molecule has 6 heteroatoms. The van der Waals surface area contributed by atoms with Crippen LogP contribution in [-0.4, -0.2) is 65.0 Å². The van der Waals surface area contributed by atoms with E-state index in [4.69, 9.17) is 0 Å². The van der Waals surface area contributed by atoms with Crippen molar-refractivity contribution in [2.24, 2.45) is 59.2 Å². The predicted octanol–water partition coefficient (Wildman–Crippen LogP) is 10.6.